The van der Waals surface area contributed by atoms with E-state index < -0.39 is 0 Å². The minimum Gasteiger partial charge on any atom is -0.338 e. The molecule has 0 saturated carbocycles. The molecular formula is C13H17N5O. The average molecular weight is 259 g/mol. The largest absolute Gasteiger partial charge is 0.338 e. The van der Waals surface area contributed by atoms with Gasteiger partial charge in [0.1, 0.15) is 5.65 Å². The lowest BCUT2D eigenvalue weighted by atomic mass is 10.3. The molecule has 0 amide bonds. The average Bonchev–Trinajstić information content (AvgIpc) is 2.48. The van der Waals surface area contributed by atoms with E-state index >= 15 is 0 Å². The third kappa shape index (κ3) is 2.19. The van der Waals surface area contributed by atoms with Gasteiger partial charge < -0.3 is 14.8 Å². The summed E-state index contributed by atoms with van der Waals surface area (Å²) in [7, 11) is 0. The number of nitrogens with one attached hydrogen (secondary N) is 1. The molecular weight excluding hydrogens is 242 g/mol. The molecule has 0 radical (unpaired) electrons. The van der Waals surface area contributed by atoms with E-state index in [9.17, 15) is 4.79 Å². The van der Waals surface area contributed by atoms with Gasteiger partial charge in [-0.05, 0) is 6.92 Å². The van der Waals surface area contributed by atoms with Gasteiger partial charge in [-0.15, -0.1) is 0 Å². The predicted molar refractivity (Wildman–Crippen MR) is 74.6 cm³/mol. The minimum absolute atomic E-state index is 0.0217. The van der Waals surface area contributed by atoms with Crippen LogP contribution in [0.25, 0.3) is 11.0 Å². The highest BCUT2D eigenvalue weighted by atomic mass is 16.1. The van der Waals surface area contributed by atoms with E-state index in [4.69, 9.17) is 0 Å². The van der Waals surface area contributed by atoms with Gasteiger partial charge in [0.15, 0.2) is 5.43 Å². The van der Waals surface area contributed by atoms with Crippen LogP contribution in [-0.2, 0) is 6.54 Å². The van der Waals surface area contributed by atoms with Crippen LogP contribution < -0.4 is 15.6 Å². The highest BCUT2D eigenvalue weighted by Crippen LogP contribution is 2.13. The van der Waals surface area contributed by atoms with E-state index in [1.165, 1.54) is 0 Å². The summed E-state index contributed by atoms with van der Waals surface area (Å²) in [6.07, 6.45) is 3.44. The fourth-order valence-corrected chi connectivity index (χ4v) is 2.35. The molecule has 19 heavy (non-hydrogen) atoms. The normalized spacial score (nSPS) is 15.9. The Hall–Kier alpha value is -1.95. The predicted octanol–water partition coefficient (Wildman–Crippen LogP) is 0.221. The van der Waals surface area contributed by atoms with Crippen LogP contribution in [0, 0.1) is 0 Å². The van der Waals surface area contributed by atoms with Crippen molar-refractivity contribution in [2.45, 2.75) is 13.5 Å². The van der Waals surface area contributed by atoms with Crippen LogP contribution >= 0.6 is 0 Å². The van der Waals surface area contributed by atoms with Gasteiger partial charge in [0.05, 0.1) is 5.39 Å². The molecule has 1 aliphatic rings. The van der Waals surface area contributed by atoms with Crippen molar-refractivity contribution in [2.24, 2.45) is 0 Å². The molecule has 0 aliphatic carbocycles. The molecule has 6 heteroatoms. The van der Waals surface area contributed by atoms with E-state index in [1.807, 2.05) is 11.5 Å². The molecule has 2 aromatic rings. The summed E-state index contributed by atoms with van der Waals surface area (Å²) < 4.78 is 1.98. The molecule has 1 fully saturated rings. The van der Waals surface area contributed by atoms with Crippen LogP contribution in [0.15, 0.2) is 23.3 Å². The van der Waals surface area contributed by atoms with Crippen molar-refractivity contribution in [3.63, 3.8) is 0 Å². The Labute approximate surface area is 111 Å². The third-order valence-electron chi connectivity index (χ3n) is 3.44. The van der Waals surface area contributed by atoms with Gasteiger partial charge in [-0.1, -0.05) is 0 Å². The molecule has 0 atom stereocenters. The summed E-state index contributed by atoms with van der Waals surface area (Å²) in [4.78, 5) is 22.9. The second-order valence-electron chi connectivity index (χ2n) is 4.61. The molecule has 100 valence electrons. The monoisotopic (exact) mass is 259 g/mol. The van der Waals surface area contributed by atoms with Gasteiger partial charge >= 0.3 is 0 Å². The number of aryl methyl sites for hydroxylation is 1. The molecule has 1 N–H and O–H groups in total. The lowest BCUT2D eigenvalue weighted by Crippen LogP contribution is -2.44. The van der Waals surface area contributed by atoms with E-state index in [1.54, 1.807) is 18.5 Å². The summed E-state index contributed by atoms with van der Waals surface area (Å²) >= 11 is 0. The Kier molecular flexibility index (Phi) is 3.16. The molecule has 0 spiro atoms. The number of piperazine rings is 1. The number of pyridine rings is 1. The molecule has 1 aliphatic heterocycles. The first-order valence-corrected chi connectivity index (χ1v) is 6.61. The van der Waals surface area contributed by atoms with Crippen molar-refractivity contribution < 1.29 is 0 Å². The summed E-state index contributed by atoms with van der Waals surface area (Å²) in [6, 6.07) is 1.57. The first-order chi connectivity index (χ1) is 9.29. The molecule has 1 saturated heterocycles. The Morgan fingerprint density at radius 3 is 2.89 bits per heavy atom. The van der Waals surface area contributed by atoms with Crippen molar-refractivity contribution in [1.82, 2.24) is 19.9 Å². The summed E-state index contributed by atoms with van der Waals surface area (Å²) in [6.45, 7) is 6.50. The van der Waals surface area contributed by atoms with Gasteiger partial charge in [0.2, 0.25) is 5.95 Å². The van der Waals surface area contributed by atoms with E-state index in [0.717, 1.165) is 38.4 Å². The molecule has 0 unspecified atom stereocenters. The van der Waals surface area contributed by atoms with Crippen molar-refractivity contribution in [3.05, 3.63) is 28.7 Å². The van der Waals surface area contributed by atoms with Crippen molar-refractivity contribution in [3.8, 4) is 0 Å². The summed E-state index contributed by atoms with van der Waals surface area (Å²) in [5.41, 5.74) is 0.699. The van der Waals surface area contributed by atoms with Crippen LogP contribution in [0.3, 0.4) is 0 Å². The Bertz CT molecular complexity index is 645. The van der Waals surface area contributed by atoms with Gasteiger partial charge in [-0.2, -0.15) is 4.98 Å². The van der Waals surface area contributed by atoms with Gasteiger partial charge in [0.25, 0.3) is 0 Å². The molecule has 2 aromatic heterocycles. The fraction of sp³-hybridized carbons (Fsp3) is 0.462. The topological polar surface area (TPSA) is 63.1 Å². The van der Waals surface area contributed by atoms with Crippen LogP contribution in [0.1, 0.15) is 6.92 Å². The van der Waals surface area contributed by atoms with Crippen molar-refractivity contribution >= 4 is 17.0 Å². The van der Waals surface area contributed by atoms with Crippen LogP contribution in [0.4, 0.5) is 5.95 Å². The second kappa shape index (κ2) is 4.97. The number of fused-ring (bicyclic) bond motifs is 1. The lowest BCUT2D eigenvalue weighted by molar-refractivity contribution is 0.580. The minimum atomic E-state index is -0.0217. The van der Waals surface area contributed by atoms with Gasteiger partial charge in [-0.25, -0.2) is 4.98 Å². The highest BCUT2D eigenvalue weighted by molar-refractivity contribution is 5.75. The maximum atomic E-state index is 11.8. The number of rotatable bonds is 2. The maximum Gasteiger partial charge on any atom is 0.227 e. The molecule has 6 nitrogen and oxygen atoms in total. The zero-order valence-corrected chi connectivity index (χ0v) is 11.0. The maximum absolute atomic E-state index is 11.8. The summed E-state index contributed by atoms with van der Waals surface area (Å²) in [5, 5.41) is 3.89. The van der Waals surface area contributed by atoms with Crippen LogP contribution in [-0.4, -0.2) is 40.7 Å². The number of hydrogen-bond acceptors (Lipinski definition) is 5. The Morgan fingerprint density at radius 1 is 1.37 bits per heavy atom. The molecule has 0 bridgehead atoms. The zero-order chi connectivity index (χ0) is 13.2. The number of aromatic nitrogens is 3. The standard InChI is InChI=1S/C13H17N5O/c1-2-17-6-3-11(19)10-9-15-13(16-12(10)17)18-7-4-14-5-8-18/h3,6,9,14H,2,4-5,7-8H2,1H3. The molecule has 0 aromatic carbocycles. The fourth-order valence-electron chi connectivity index (χ4n) is 2.35. The molecule has 3 heterocycles. The Morgan fingerprint density at radius 2 is 2.16 bits per heavy atom. The molecule has 3 rings (SSSR count). The third-order valence-corrected chi connectivity index (χ3v) is 3.44. The van der Waals surface area contributed by atoms with Crippen molar-refractivity contribution in [2.75, 3.05) is 31.1 Å². The van der Waals surface area contributed by atoms with Gasteiger partial charge in [-0.3, -0.25) is 4.79 Å². The zero-order valence-electron chi connectivity index (χ0n) is 11.0. The van der Waals surface area contributed by atoms with E-state index in [2.05, 4.69) is 20.2 Å². The van der Waals surface area contributed by atoms with Crippen molar-refractivity contribution in [1.29, 1.82) is 0 Å². The van der Waals surface area contributed by atoms with E-state index in [0.29, 0.717) is 11.3 Å². The smallest absolute Gasteiger partial charge is 0.227 e. The highest BCUT2D eigenvalue weighted by Gasteiger charge is 2.14. The number of anilines is 1. The number of hydrogen-bond donors (Lipinski definition) is 1. The number of nitrogens with zero attached hydrogens (tertiary/aromatic N) is 4. The quantitative estimate of drug-likeness (QED) is 0.836. The second-order valence-corrected chi connectivity index (χ2v) is 4.61. The van der Waals surface area contributed by atoms with Crippen LogP contribution in [0.2, 0.25) is 0 Å². The lowest BCUT2D eigenvalue weighted by Gasteiger charge is -2.27. The first kappa shape index (κ1) is 12.1. The SMILES string of the molecule is CCn1ccc(=O)c2cnc(N3CCNCC3)nc21. The Balaban J connectivity index is 2.11. The van der Waals surface area contributed by atoms with Crippen LogP contribution in [0.5, 0.6) is 0 Å². The van der Waals surface area contributed by atoms with Gasteiger partial charge in [0, 0.05) is 51.2 Å². The summed E-state index contributed by atoms with van der Waals surface area (Å²) in [5.74, 6) is 0.710. The first-order valence-electron chi connectivity index (χ1n) is 6.61. The van der Waals surface area contributed by atoms with E-state index in [-0.39, 0.29) is 5.43 Å².